The van der Waals surface area contributed by atoms with Crippen LogP contribution in [0.3, 0.4) is 0 Å². The van der Waals surface area contributed by atoms with Crippen molar-refractivity contribution < 1.29 is 9.90 Å². The lowest BCUT2D eigenvalue weighted by Gasteiger charge is -2.12. The minimum atomic E-state index is -0.949. The summed E-state index contributed by atoms with van der Waals surface area (Å²) in [5, 5.41) is 20.1. The van der Waals surface area contributed by atoms with Crippen LogP contribution in [-0.4, -0.2) is 27.1 Å². The zero-order valence-corrected chi connectivity index (χ0v) is 8.14. The van der Waals surface area contributed by atoms with Crippen LogP contribution in [0.1, 0.15) is 19.0 Å². The number of carbonyl (C=O) groups is 1. The van der Waals surface area contributed by atoms with Crippen LogP contribution < -0.4 is 5.32 Å². The van der Waals surface area contributed by atoms with E-state index < -0.39 is 12.0 Å². The van der Waals surface area contributed by atoms with Gasteiger partial charge in [-0.2, -0.15) is 5.26 Å². The molecule has 15 heavy (non-hydrogen) atoms. The zero-order valence-electron chi connectivity index (χ0n) is 8.14. The van der Waals surface area contributed by atoms with E-state index in [0.29, 0.717) is 12.2 Å². The van der Waals surface area contributed by atoms with Crippen LogP contribution in [0.4, 0.5) is 5.82 Å². The summed E-state index contributed by atoms with van der Waals surface area (Å²) in [7, 11) is 0. The van der Waals surface area contributed by atoms with E-state index in [4.69, 9.17) is 10.4 Å². The van der Waals surface area contributed by atoms with Crippen LogP contribution in [0.5, 0.6) is 0 Å². The molecule has 6 heteroatoms. The molecule has 0 amide bonds. The first-order valence-electron chi connectivity index (χ1n) is 4.39. The third-order valence-corrected chi connectivity index (χ3v) is 1.81. The molecule has 1 atom stereocenters. The van der Waals surface area contributed by atoms with Crippen LogP contribution in [0.25, 0.3) is 0 Å². The second kappa shape index (κ2) is 4.91. The van der Waals surface area contributed by atoms with E-state index in [1.807, 2.05) is 6.07 Å². The number of hydrogen-bond acceptors (Lipinski definition) is 5. The number of anilines is 1. The van der Waals surface area contributed by atoms with Crippen LogP contribution in [-0.2, 0) is 4.79 Å². The normalized spacial score (nSPS) is 11.5. The molecule has 1 aromatic heterocycles. The van der Waals surface area contributed by atoms with Gasteiger partial charge >= 0.3 is 5.97 Å². The van der Waals surface area contributed by atoms with E-state index >= 15 is 0 Å². The van der Waals surface area contributed by atoms with Gasteiger partial charge in [-0.15, -0.1) is 0 Å². The van der Waals surface area contributed by atoms with Gasteiger partial charge in [-0.05, 0) is 6.42 Å². The van der Waals surface area contributed by atoms with Crippen molar-refractivity contribution in [3.05, 3.63) is 18.1 Å². The van der Waals surface area contributed by atoms with E-state index in [2.05, 4.69) is 15.3 Å². The Hall–Kier alpha value is -2.16. The minimum absolute atomic E-state index is 0.202. The second-order valence-corrected chi connectivity index (χ2v) is 2.84. The largest absolute Gasteiger partial charge is 0.480 e. The lowest BCUT2D eigenvalue weighted by atomic mass is 10.2. The van der Waals surface area contributed by atoms with Gasteiger partial charge in [0.2, 0.25) is 0 Å². The third kappa shape index (κ3) is 2.91. The number of aliphatic carboxylic acids is 1. The SMILES string of the molecule is CCC(Nc1cc(C#N)ncn1)C(=O)O. The summed E-state index contributed by atoms with van der Waals surface area (Å²) in [4.78, 5) is 18.2. The van der Waals surface area contributed by atoms with Crippen molar-refractivity contribution >= 4 is 11.8 Å². The van der Waals surface area contributed by atoms with Gasteiger partial charge in [0.05, 0.1) is 0 Å². The Morgan fingerprint density at radius 1 is 1.73 bits per heavy atom. The average molecular weight is 206 g/mol. The molecule has 0 radical (unpaired) electrons. The Morgan fingerprint density at radius 2 is 2.47 bits per heavy atom. The molecule has 1 heterocycles. The smallest absolute Gasteiger partial charge is 0.326 e. The van der Waals surface area contributed by atoms with Crippen molar-refractivity contribution in [2.45, 2.75) is 19.4 Å². The molecule has 0 saturated carbocycles. The maximum Gasteiger partial charge on any atom is 0.326 e. The standard InChI is InChI=1S/C9H10N4O2/c1-2-7(9(14)15)13-8-3-6(4-10)11-5-12-8/h3,5,7H,2H2,1H3,(H,14,15)(H,11,12,13). The summed E-state index contributed by atoms with van der Waals surface area (Å²) in [6.07, 6.45) is 1.65. The Bertz CT molecular complexity index is 399. The van der Waals surface area contributed by atoms with Crippen molar-refractivity contribution in [3.63, 3.8) is 0 Å². The van der Waals surface area contributed by atoms with Crippen LogP contribution in [0, 0.1) is 11.3 Å². The highest BCUT2D eigenvalue weighted by Crippen LogP contribution is 2.06. The maximum absolute atomic E-state index is 10.7. The van der Waals surface area contributed by atoms with E-state index in [1.54, 1.807) is 6.92 Å². The second-order valence-electron chi connectivity index (χ2n) is 2.84. The molecule has 1 aromatic rings. The summed E-state index contributed by atoms with van der Waals surface area (Å²) in [6, 6.07) is 2.56. The van der Waals surface area contributed by atoms with Gasteiger partial charge in [0.1, 0.15) is 30.0 Å². The molecule has 0 aromatic carbocycles. The molecule has 0 bridgehead atoms. The van der Waals surface area contributed by atoms with Gasteiger partial charge in [0.15, 0.2) is 0 Å². The van der Waals surface area contributed by atoms with Crippen molar-refractivity contribution in [1.82, 2.24) is 9.97 Å². The first-order valence-corrected chi connectivity index (χ1v) is 4.39. The number of hydrogen-bond donors (Lipinski definition) is 2. The average Bonchev–Trinajstić information content (AvgIpc) is 2.25. The van der Waals surface area contributed by atoms with Gasteiger partial charge in [0.25, 0.3) is 0 Å². The molecular weight excluding hydrogens is 196 g/mol. The van der Waals surface area contributed by atoms with Crippen molar-refractivity contribution in [2.24, 2.45) is 0 Å². The van der Waals surface area contributed by atoms with Crippen LogP contribution in [0.15, 0.2) is 12.4 Å². The highest BCUT2D eigenvalue weighted by molar-refractivity contribution is 5.76. The Kier molecular flexibility index (Phi) is 3.57. The van der Waals surface area contributed by atoms with E-state index in [1.165, 1.54) is 12.4 Å². The van der Waals surface area contributed by atoms with Gasteiger partial charge in [-0.1, -0.05) is 6.92 Å². The molecule has 2 N–H and O–H groups in total. The summed E-state index contributed by atoms with van der Waals surface area (Å²) in [6.45, 7) is 1.75. The van der Waals surface area contributed by atoms with E-state index in [-0.39, 0.29) is 5.69 Å². The summed E-state index contributed by atoms with van der Waals surface area (Å²) in [5.41, 5.74) is 0.202. The Labute approximate surface area is 86.6 Å². The maximum atomic E-state index is 10.7. The predicted molar refractivity (Wildman–Crippen MR) is 52.1 cm³/mol. The molecule has 0 aliphatic carbocycles. The topological polar surface area (TPSA) is 98.9 Å². The third-order valence-electron chi connectivity index (χ3n) is 1.81. The Morgan fingerprint density at radius 3 is 3.00 bits per heavy atom. The molecule has 78 valence electrons. The summed E-state index contributed by atoms with van der Waals surface area (Å²) in [5.74, 6) is -0.606. The number of rotatable bonds is 4. The first-order chi connectivity index (χ1) is 7.17. The molecule has 1 unspecified atom stereocenters. The molecule has 0 fully saturated rings. The van der Waals surface area contributed by atoms with Crippen molar-refractivity contribution in [3.8, 4) is 6.07 Å². The Balaban J connectivity index is 2.80. The van der Waals surface area contributed by atoms with Gasteiger partial charge in [0, 0.05) is 6.07 Å². The predicted octanol–water partition coefficient (Wildman–Crippen LogP) is 0.623. The lowest BCUT2D eigenvalue weighted by Crippen LogP contribution is -2.28. The zero-order chi connectivity index (χ0) is 11.3. The number of nitrogens with one attached hydrogen (secondary N) is 1. The fourth-order valence-corrected chi connectivity index (χ4v) is 1.01. The lowest BCUT2D eigenvalue weighted by molar-refractivity contribution is -0.137. The fourth-order valence-electron chi connectivity index (χ4n) is 1.01. The minimum Gasteiger partial charge on any atom is -0.480 e. The van der Waals surface area contributed by atoms with Crippen molar-refractivity contribution in [1.29, 1.82) is 5.26 Å². The highest BCUT2D eigenvalue weighted by Gasteiger charge is 2.14. The monoisotopic (exact) mass is 206 g/mol. The van der Waals surface area contributed by atoms with Crippen molar-refractivity contribution in [2.75, 3.05) is 5.32 Å². The molecule has 0 spiro atoms. The molecular formula is C9H10N4O2. The van der Waals surface area contributed by atoms with Crippen LogP contribution in [0.2, 0.25) is 0 Å². The molecule has 6 nitrogen and oxygen atoms in total. The number of nitriles is 1. The van der Waals surface area contributed by atoms with E-state index in [9.17, 15) is 4.79 Å². The summed E-state index contributed by atoms with van der Waals surface area (Å²) >= 11 is 0. The first kappa shape index (κ1) is 10.9. The molecule has 1 rings (SSSR count). The fraction of sp³-hybridized carbons (Fsp3) is 0.333. The highest BCUT2D eigenvalue weighted by atomic mass is 16.4. The molecule has 0 aliphatic rings. The van der Waals surface area contributed by atoms with E-state index in [0.717, 1.165) is 0 Å². The number of nitrogens with zero attached hydrogens (tertiary/aromatic N) is 3. The van der Waals surface area contributed by atoms with Gasteiger partial charge in [-0.3, -0.25) is 0 Å². The number of carboxylic acid groups (broad SMARTS) is 1. The number of aromatic nitrogens is 2. The molecule has 0 aliphatic heterocycles. The van der Waals surface area contributed by atoms with Gasteiger partial charge < -0.3 is 10.4 Å². The summed E-state index contributed by atoms with van der Waals surface area (Å²) < 4.78 is 0. The van der Waals surface area contributed by atoms with Crippen LogP contribution >= 0.6 is 0 Å². The molecule has 0 saturated heterocycles. The quantitative estimate of drug-likeness (QED) is 0.749. The number of carboxylic acids is 1. The van der Waals surface area contributed by atoms with Gasteiger partial charge in [-0.25, -0.2) is 14.8 Å².